The summed E-state index contributed by atoms with van der Waals surface area (Å²) in [4.78, 5) is 19.0. The summed E-state index contributed by atoms with van der Waals surface area (Å²) in [6.45, 7) is 5.40. The summed E-state index contributed by atoms with van der Waals surface area (Å²) in [7, 11) is 0. The highest BCUT2D eigenvalue weighted by Gasteiger charge is 2.28. The van der Waals surface area contributed by atoms with E-state index in [1.807, 2.05) is 42.3 Å². The first-order chi connectivity index (χ1) is 11.6. The van der Waals surface area contributed by atoms with E-state index in [4.69, 9.17) is 14.2 Å². The second kappa shape index (κ2) is 6.07. The van der Waals surface area contributed by atoms with Gasteiger partial charge in [0.25, 0.3) is 5.91 Å². The normalized spacial score (nSPS) is 22.7. The molecule has 2 aromatic rings. The molecule has 0 aliphatic carbocycles. The fourth-order valence-corrected chi connectivity index (χ4v) is 3.83. The SMILES string of the molecule is C[C@@H]1CN(C(=O)c2csc(-c3ccc4c(c3)OCO4)n2)C[C@@H](C)O1. The number of carbonyl (C=O) groups is 1. The number of nitrogens with zero attached hydrogens (tertiary/aromatic N) is 2. The van der Waals surface area contributed by atoms with Gasteiger partial charge in [-0.2, -0.15) is 0 Å². The van der Waals surface area contributed by atoms with Crippen LogP contribution in [0.2, 0.25) is 0 Å². The molecule has 24 heavy (non-hydrogen) atoms. The third-order valence-electron chi connectivity index (χ3n) is 4.05. The second-order valence-electron chi connectivity index (χ2n) is 6.07. The van der Waals surface area contributed by atoms with Crippen LogP contribution in [0.1, 0.15) is 24.3 Å². The Kier molecular flexibility index (Phi) is 3.90. The van der Waals surface area contributed by atoms with Crippen molar-refractivity contribution in [3.8, 4) is 22.1 Å². The number of fused-ring (bicyclic) bond motifs is 1. The molecular formula is C17H18N2O4S. The number of morpholine rings is 1. The van der Waals surface area contributed by atoms with E-state index in [2.05, 4.69) is 4.98 Å². The molecule has 2 aliphatic rings. The molecular weight excluding hydrogens is 328 g/mol. The highest BCUT2D eigenvalue weighted by molar-refractivity contribution is 7.13. The molecule has 7 heteroatoms. The van der Waals surface area contributed by atoms with Gasteiger partial charge in [0.15, 0.2) is 11.5 Å². The van der Waals surface area contributed by atoms with Crippen molar-refractivity contribution in [2.24, 2.45) is 0 Å². The molecule has 0 unspecified atom stereocenters. The van der Waals surface area contributed by atoms with E-state index in [1.54, 1.807) is 0 Å². The van der Waals surface area contributed by atoms with Gasteiger partial charge in [0.2, 0.25) is 6.79 Å². The number of benzene rings is 1. The van der Waals surface area contributed by atoms with E-state index >= 15 is 0 Å². The number of amides is 1. The highest BCUT2D eigenvalue weighted by Crippen LogP contribution is 2.36. The molecule has 0 N–H and O–H groups in total. The number of thiazole rings is 1. The molecule has 0 bridgehead atoms. The van der Waals surface area contributed by atoms with Gasteiger partial charge in [-0.15, -0.1) is 11.3 Å². The molecule has 6 nitrogen and oxygen atoms in total. The zero-order valence-electron chi connectivity index (χ0n) is 13.5. The Morgan fingerprint density at radius 1 is 1.21 bits per heavy atom. The zero-order valence-corrected chi connectivity index (χ0v) is 14.3. The lowest BCUT2D eigenvalue weighted by Gasteiger charge is -2.34. The monoisotopic (exact) mass is 346 g/mol. The van der Waals surface area contributed by atoms with E-state index in [0.29, 0.717) is 24.5 Å². The van der Waals surface area contributed by atoms with E-state index in [-0.39, 0.29) is 24.9 Å². The quantitative estimate of drug-likeness (QED) is 0.837. The molecule has 3 heterocycles. The molecule has 126 valence electrons. The van der Waals surface area contributed by atoms with Gasteiger partial charge in [-0.3, -0.25) is 4.79 Å². The average Bonchev–Trinajstić information content (AvgIpc) is 3.21. The summed E-state index contributed by atoms with van der Waals surface area (Å²) in [5, 5.41) is 2.61. The van der Waals surface area contributed by atoms with Crippen LogP contribution in [0.5, 0.6) is 11.5 Å². The van der Waals surface area contributed by atoms with Gasteiger partial charge < -0.3 is 19.1 Å². The summed E-state index contributed by atoms with van der Waals surface area (Å²) in [5.74, 6) is 1.41. The van der Waals surface area contributed by atoms with Gasteiger partial charge in [0.05, 0.1) is 12.2 Å². The number of ether oxygens (including phenoxy) is 3. The van der Waals surface area contributed by atoms with Gasteiger partial charge in [-0.05, 0) is 32.0 Å². The third kappa shape index (κ3) is 2.85. The minimum atomic E-state index is -0.0414. The van der Waals surface area contributed by atoms with Crippen LogP contribution in [0.4, 0.5) is 0 Å². The van der Waals surface area contributed by atoms with E-state index in [0.717, 1.165) is 16.3 Å². The third-order valence-corrected chi connectivity index (χ3v) is 4.94. The van der Waals surface area contributed by atoms with Crippen LogP contribution < -0.4 is 9.47 Å². The minimum Gasteiger partial charge on any atom is -0.454 e. The summed E-state index contributed by atoms with van der Waals surface area (Å²) < 4.78 is 16.4. The molecule has 1 saturated heterocycles. The average molecular weight is 346 g/mol. The van der Waals surface area contributed by atoms with Gasteiger partial charge in [0, 0.05) is 24.0 Å². The smallest absolute Gasteiger partial charge is 0.273 e. The van der Waals surface area contributed by atoms with Crippen molar-refractivity contribution in [1.82, 2.24) is 9.88 Å². The topological polar surface area (TPSA) is 60.9 Å². The summed E-state index contributed by atoms with van der Waals surface area (Å²) in [6.07, 6.45) is 0.0920. The first-order valence-corrected chi connectivity index (χ1v) is 8.78. The molecule has 0 radical (unpaired) electrons. The van der Waals surface area contributed by atoms with Gasteiger partial charge in [-0.25, -0.2) is 4.98 Å². The number of rotatable bonds is 2. The molecule has 1 aromatic carbocycles. The van der Waals surface area contributed by atoms with E-state index in [1.165, 1.54) is 11.3 Å². The van der Waals surface area contributed by atoms with Crippen LogP contribution in [0.3, 0.4) is 0 Å². The summed E-state index contributed by atoms with van der Waals surface area (Å²) in [6, 6.07) is 5.69. The fraction of sp³-hybridized carbons (Fsp3) is 0.412. The predicted molar refractivity (Wildman–Crippen MR) is 89.6 cm³/mol. The molecule has 1 amide bonds. The predicted octanol–water partition coefficient (Wildman–Crippen LogP) is 2.79. The maximum atomic E-state index is 12.7. The lowest BCUT2D eigenvalue weighted by molar-refractivity contribution is -0.0587. The Hall–Kier alpha value is -2.12. The van der Waals surface area contributed by atoms with Crippen LogP contribution in [-0.4, -0.2) is 47.9 Å². The second-order valence-corrected chi connectivity index (χ2v) is 6.93. The maximum absolute atomic E-state index is 12.7. The molecule has 2 atom stereocenters. The Balaban J connectivity index is 1.55. The maximum Gasteiger partial charge on any atom is 0.273 e. The fourth-order valence-electron chi connectivity index (χ4n) is 3.04. The van der Waals surface area contributed by atoms with Crippen molar-refractivity contribution < 1.29 is 19.0 Å². The van der Waals surface area contributed by atoms with Gasteiger partial charge >= 0.3 is 0 Å². The highest BCUT2D eigenvalue weighted by atomic mass is 32.1. The van der Waals surface area contributed by atoms with Crippen molar-refractivity contribution in [3.63, 3.8) is 0 Å². The van der Waals surface area contributed by atoms with E-state index < -0.39 is 0 Å². The van der Waals surface area contributed by atoms with E-state index in [9.17, 15) is 4.79 Å². The van der Waals surface area contributed by atoms with Crippen molar-refractivity contribution in [3.05, 3.63) is 29.3 Å². The molecule has 1 fully saturated rings. The van der Waals surface area contributed by atoms with Crippen molar-refractivity contribution >= 4 is 17.2 Å². The minimum absolute atomic E-state index is 0.0414. The Morgan fingerprint density at radius 3 is 2.75 bits per heavy atom. The lowest BCUT2D eigenvalue weighted by Crippen LogP contribution is -2.48. The van der Waals surface area contributed by atoms with Crippen LogP contribution in [0, 0.1) is 0 Å². The summed E-state index contributed by atoms with van der Waals surface area (Å²) >= 11 is 1.46. The number of hydrogen-bond acceptors (Lipinski definition) is 6. The lowest BCUT2D eigenvalue weighted by atomic mass is 10.2. The Labute approximate surface area is 144 Å². The molecule has 2 aliphatic heterocycles. The largest absolute Gasteiger partial charge is 0.454 e. The molecule has 1 aromatic heterocycles. The zero-order chi connectivity index (χ0) is 16.7. The molecule has 4 rings (SSSR count). The number of hydrogen-bond donors (Lipinski definition) is 0. The van der Waals surface area contributed by atoms with Crippen LogP contribution in [-0.2, 0) is 4.74 Å². The van der Waals surface area contributed by atoms with Crippen molar-refractivity contribution in [2.45, 2.75) is 26.1 Å². The van der Waals surface area contributed by atoms with Crippen LogP contribution >= 0.6 is 11.3 Å². The number of carbonyl (C=O) groups excluding carboxylic acids is 1. The Morgan fingerprint density at radius 2 is 1.96 bits per heavy atom. The first-order valence-electron chi connectivity index (χ1n) is 7.90. The van der Waals surface area contributed by atoms with Crippen molar-refractivity contribution in [1.29, 1.82) is 0 Å². The van der Waals surface area contributed by atoms with Crippen LogP contribution in [0.25, 0.3) is 10.6 Å². The summed E-state index contributed by atoms with van der Waals surface area (Å²) in [5.41, 5.74) is 1.40. The first kappa shape index (κ1) is 15.4. The van der Waals surface area contributed by atoms with Gasteiger partial charge in [-0.1, -0.05) is 0 Å². The van der Waals surface area contributed by atoms with Crippen molar-refractivity contribution in [2.75, 3.05) is 19.9 Å². The Bertz CT molecular complexity index is 766. The molecule has 0 spiro atoms. The van der Waals surface area contributed by atoms with Crippen LogP contribution in [0.15, 0.2) is 23.6 Å². The number of aromatic nitrogens is 1. The standard InChI is InChI=1S/C17H18N2O4S/c1-10-6-19(7-11(2)23-10)17(20)13-8-24-16(18-13)12-3-4-14-15(5-12)22-9-21-14/h3-5,8,10-11H,6-7,9H2,1-2H3/t10-,11-/m1/s1. The molecule has 0 saturated carbocycles. The van der Waals surface area contributed by atoms with Gasteiger partial charge in [0.1, 0.15) is 10.7 Å².